The van der Waals surface area contributed by atoms with Crippen molar-refractivity contribution in [3.05, 3.63) is 22.3 Å². The molecule has 4 rings (SSSR count). The van der Waals surface area contributed by atoms with Gasteiger partial charge in [-0.2, -0.15) is 0 Å². The fraction of sp³-hybridized carbons (Fsp3) is 0.583. The highest BCUT2D eigenvalue weighted by Crippen LogP contribution is 2.40. The minimum absolute atomic E-state index is 0.846. The van der Waals surface area contributed by atoms with Crippen LogP contribution in [0.2, 0.25) is 0 Å². The Labute approximate surface area is 177 Å². The zero-order valence-electron chi connectivity index (χ0n) is 18.7. The van der Waals surface area contributed by atoms with Gasteiger partial charge in [-0.15, -0.1) is 0 Å². The predicted octanol–water partition coefficient (Wildman–Crippen LogP) is 6.77. The summed E-state index contributed by atoms with van der Waals surface area (Å²) in [6.07, 6.45) is 11.7. The third kappa shape index (κ3) is 3.57. The first-order valence-corrected chi connectivity index (χ1v) is 11.5. The van der Waals surface area contributed by atoms with E-state index in [1.807, 2.05) is 0 Å². The number of benzene rings is 2. The number of hydrogen-bond acceptors (Lipinski definition) is 6. The van der Waals surface area contributed by atoms with E-state index in [9.17, 15) is 0 Å². The quantitative estimate of drug-likeness (QED) is 0.269. The molecule has 4 aromatic rings. The molecule has 0 radical (unpaired) electrons. The van der Waals surface area contributed by atoms with Crippen LogP contribution in [0.15, 0.2) is 9.26 Å². The molecule has 2 aromatic heterocycles. The van der Waals surface area contributed by atoms with Crippen LogP contribution >= 0.6 is 0 Å². The van der Waals surface area contributed by atoms with Gasteiger partial charge >= 0.3 is 0 Å². The standard InChI is InChI=1S/C24H32N4O2/c1-5-7-9-11-13-17-15(3)21-24(28-29-25-21)20-18(14-12-10-8-6-2)16(4)22-23(19(17)20)27-30-26-22/h5-14H2,1-4H3. The van der Waals surface area contributed by atoms with Crippen molar-refractivity contribution >= 4 is 32.8 Å². The SMILES string of the molecule is CCCCCCc1c(C)c2nonc2c2c(CCCCCC)c(C)c3nonc3c12. The van der Waals surface area contributed by atoms with Gasteiger partial charge in [0.05, 0.1) is 0 Å². The maximum atomic E-state index is 5.22. The first-order valence-electron chi connectivity index (χ1n) is 11.5. The van der Waals surface area contributed by atoms with Crippen LogP contribution in [0, 0.1) is 13.8 Å². The Bertz CT molecular complexity index is 1070. The van der Waals surface area contributed by atoms with Crippen molar-refractivity contribution in [1.82, 2.24) is 20.6 Å². The molecule has 2 heterocycles. The Morgan fingerprint density at radius 3 is 1.33 bits per heavy atom. The molecule has 6 heteroatoms. The zero-order chi connectivity index (χ0) is 21.1. The molecule has 6 nitrogen and oxygen atoms in total. The van der Waals surface area contributed by atoms with Crippen LogP contribution in [0.5, 0.6) is 0 Å². The van der Waals surface area contributed by atoms with E-state index in [4.69, 9.17) is 9.26 Å². The van der Waals surface area contributed by atoms with Crippen molar-refractivity contribution in [2.24, 2.45) is 0 Å². The van der Waals surface area contributed by atoms with Crippen LogP contribution in [0.25, 0.3) is 32.8 Å². The first kappa shape index (κ1) is 20.8. The summed E-state index contributed by atoms with van der Waals surface area (Å²) in [5.41, 5.74) is 8.30. The molecule has 0 aliphatic heterocycles. The van der Waals surface area contributed by atoms with Crippen LogP contribution in [0.1, 0.15) is 87.5 Å². The molecule has 0 spiro atoms. The number of aryl methyl sites for hydroxylation is 4. The van der Waals surface area contributed by atoms with Crippen LogP contribution in [0.3, 0.4) is 0 Å². The molecule has 0 aliphatic rings. The van der Waals surface area contributed by atoms with Gasteiger partial charge < -0.3 is 0 Å². The number of nitrogens with zero attached hydrogens (tertiary/aromatic N) is 4. The lowest BCUT2D eigenvalue weighted by atomic mass is 9.87. The summed E-state index contributed by atoms with van der Waals surface area (Å²) in [4.78, 5) is 0. The second-order valence-electron chi connectivity index (χ2n) is 8.50. The smallest absolute Gasteiger partial charge is 0.143 e. The molecule has 0 fully saturated rings. The second-order valence-corrected chi connectivity index (χ2v) is 8.50. The average molecular weight is 409 g/mol. The van der Waals surface area contributed by atoms with Gasteiger partial charge in [0, 0.05) is 10.8 Å². The molecule has 2 aromatic carbocycles. The Kier molecular flexibility index (Phi) is 6.30. The van der Waals surface area contributed by atoms with Crippen LogP contribution < -0.4 is 0 Å². The van der Waals surface area contributed by atoms with Crippen LogP contribution in [-0.2, 0) is 12.8 Å². The topological polar surface area (TPSA) is 77.8 Å². The summed E-state index contributed by atoms with van der Waals surface area (Å²) in [7, 11) is 0. The molecule has 0 N–H and O–H groups in total. The number of unbranched alkanes of at least 4 members (excludes halogenated alkanes) is 6. The average Bonchev–Trinajstić information content (AvgIpc) is 3.42. The number of fused-ring (bicyclic) bond motifs is 5. The molecule has 0 saturated heterocycles. The summed E-state index contributed by atoms with van der Waals surface area (Å²) < 4.78 is 10.4. The van der Waals surface area contributed by atoms with E-state index in [1.54, 1.807) is 0 Å². The largest absolute Gasteiger partial charge is 0.243 e. The maximum absolute atomic E-state index is 5.22. The molecular weight excluding hydrogens is 376 g/mol. The summed E-state index contributed by atoms with van der Waals surface area (Å²) in [5.74, 6) is 0. The minimum Gasteiger partial charge on any atom is -0.243 e. The van der Waals surface area contributed by atoms with E-state index in [1.165, 1.54) is 49.7 Å². The van der Waals surface area contributed by atoms with Crippen LogP contribution in [-0.4, -0.2) is 20.6 Å². The molecule has 0 aliphatic carbocycles. The molecule has 0 atom stereocenters. The van der Waals surface area contributed by atoms with Crippen molar-refractivity contribution in [2.75, 3.05) is 0 Å². The van der Waals surface area contributed by atoms with Crippen molar-refractivity contribution in [3.63, 3.8) is 0 Å². The molecule has 160 valence electrons. The van der Waals surface area contributed by atoms with Gasteiger partial charge in [-0.1, -0.05) is 52.4 Å². The van der Waals surface area contributed by atoms with Gasteiger partial charge in [0.25, 0.3) is 0 Å². The van der Waals surface area contributed by atoms with E-state index in [-0.39, 0.29) is 0 Å². The lowest BCUT2D eigenvalue weighted by Crippen LogP contribution is -2.01. The molecule has 0 saturated carbocycles. The Morgan fingerprint density at radius 1 is 0.533 bits per heavy atom. The summed E-state index contributed by atoms with van der Waals surface area (Å²) >= 11 is 0. The summed E-state index contributed by atoms with van der Waals surface area (Å²) in [6, 6.07) is 0. The first-order chi connectivity index (χ1) is 14.7. The normalized spacial score (nSPS) is 12.0. The van der Waals surface area contributed by atoms with E-state index >= 15 is 0 Å². The van der Waals surface area contributed by atoms with Crippen molar-refractivity contribution < 1.29 is 9.26 Å². The Balaban J connectivity index is 1.96. The highest BCUT2D eigenvalue weighted by molar-refractivity contribution is 6.18. The molecule has 30 heavy (non-hydrogen) atoms. The fourth-order valence-electron chi connectivity index (χ4n) is 4.76. The number of rotatable bonds is 10. The lowest BCUT2D eigenvalue weighted by molar-refractivity contribution is 0.315. The van der Waals surface area contributed by atoms with E-state index in [0.717, 1.165) is 69.6 Å². The van der Waals surface area contributed by atoms with E-state index in [2.05, 4.69) is 48.3 Å². The van der Waals surface area contributed by atoms with Crippen LogP contribution in [0.4, 0.5) is 0 Å². The van der Waals surface area contributed by atoms with Gasteiger partial charge in [-0.3, -0.25) is 0 Å². The van der Waals surface area contributed by atoms with Gasteiger partial charge in [0.2, 0.25) is 0 Å². The zero-order valence-corrected chi connectivity index (χ0v) is 18.7. The van der Waals surface area contributed by atoms with Gasteiger partial charge in [-0.25, -0.2) is 9.26 Å². The monoisotopic (exact) mass is 408 g/mol. The fourth-order valence-corrected chi connectivity index (χ4v) is 4.76. The minimum atomic E-state index is 0.846. The van der Waals surface area contributed by atoms with Gasteiger partial charge in [0.15, 0.2) is 0 Å². The third-order valence-corrected chi connectivity index (χ3v) is 6.48. The lowest BCUT2D eigenvalue weighted by Gasteiger charge is -2.16. The maximum Gasteiger partial charge on any atom is 0.143 e. The molecule has 0 bridgehead atoms. The molecule has 0 unspecified atom stereocenters. The van der Waals surface area contributed by atoms with Gasteiger partial charge in [-0.05, 0) is 82.4 Å². The number of hydrogen-bond donors (Lipinski definition) is 0. The van der Waals surface area contributed by atoms with E-state index in [0.29, 0.717) is 0 Å². The Morgan fingerprint density at radius 2 is 0.933 bits per heavy atom. The van der Waals surface area contributed by atoms with Crippen molar-refractivity contribution in [2.45, 2.75) is 91.9 Å². The van der Waals surface area contributed by atoms with Crippen molar-refractivity contribution in [3.8, 4) is 0 Å². The number of aromatic nitrogens is 4. The highest BCUT2D eigenvalue weighted by atomic mass is 16.6. The van der Waals surface area contributed by atoms with Gasteiger partial charge in [0.1, 0.15) is 22.1 Å². The molecule has 0 amide bonds. The second kappa shape index (κ2) is 9.11. The van der Waals surface area contributed by atoms with E-state index < -0.39 is 0 Å². The van der Waals surface area contributed by atoms with Crippen molar-refractivity contribution in [1.29, 1.82) is 0 Å². The highest BCUT2D eigenvalue weighted by Gasteiger charge is 2.24. The predicted molar refractivity (Wildman–Crippen MR) is 120 cm³/mol. The Hall–Kier alpha value is -2.50. The molecular formula is C24H32N4O2. The third-order valence-electron chi connectivity index (χ3n) is 6.48. The summed E-state index contributed by atoms with van der Waals surface area (Å²) in [6.45, 7) is 8.74. The summed E-state index contributed by atoms with van der Waals surface area (Å²) in [5, 5.41) is 19.5.